The van der Waals surface area contributed by atoms with Gasteiger partial charge in [0.1, 0.15) is 0 Å². The summed E-state index contributed by atoms with van der Waals surface area (Å²) in [5.41, 5.74) is 1.20. The summed E-state index contributed by atoms with van der Waals surface area (Å²) >= 11 is 1.71. The average Bonchev–Trinajstić information content (AvgIpc) is 2.71. The second-order valence-corrected chi connectivity index (χ2v) is 3.80. The smallest absolute Gasteiger partial charge is 0.0885 e. The Morgan fingerprint density at radius 1 is 1.62 bits per heavy atom. The van der Waals surface area contributed by atoms with E-state index in [9.17, 15) is 0 Å². The van der Waals surface area contributed by atoms with E-state index in [1.807, 2.05) is 30.2 Å². The average molecular weight is 193 g/mol. The first-order chi connectivity index (χ1) is 6.34. The largest absolute Gasteiger partial charge is 0.373 e. The lowest BCUT2D eigenvalue weighted by Crippen LogP contribution is -1.95. The molecule has 0 radical (unpaired) electrons. The zero-order chi connectivity index (χ0) is 9.10. The summed E-state index contributed by atoms with van der Waals surface area (Å²) < 4.78 is 1.81. The Labute approximate surface area is 81.0 Å². The summed E-state index contributed by atoms with van der Waals surface area (Å²) in [5, 5.41) is 10.7. The third kappa shape index (κ3) is 2.09. The molecule has 0 aliphatic carbocycles. The summed E-state index contributed by atoms with van der Waals surface area (Å²) in [7, 11) is 1.93. The van der Waals surface area contributed by atoms with E-state index >= 15 is 0 Å². The van der Waals surface area contributed by atoms with Crippen molar-refractivity contribution in [1.29, 1.82) is 0 Å². The van der Waals surface area contributed by atoms with Crippen LogP contribution in [0.1, 0.15) is 5.56 Å². The molecule has 0 bridgehead atoms. The van der Waals surface area contributed by atoms with Gasteiger partial charge in [-0.1, -0.05) is 0 Å². The van der Waals surface area contributed by atoms with Crippen LogP contribution in [-0.4, -0.2) is 9.78 Å². The van der Waals surface area contributed by atoms with E-state index in [1.165, 1.54) is 10.6 Å². The van der Waals surface area contributed by atoms with Crippen LogP contribution in [0.5, 0.6) is 0 Å². The van der Waals surface area contributed by atoms with Crippen LogP contribution in [-0.2, 0) is 13.6 Å². The van der Waals surface area contributed by atoms with E-state index in [2.05, 4.69) is 21.9 Å². The third-order valence-electron chi connectivity index (χ3n) is 1.75. The summed E-state index contributed by atoms with van der Waals surface area (Å²) in [6.07, 6.45) is 3.89. The van der Waals surface area contributed by atoms with Crippen LogP contribution in [0.15, 0.2) is 29.9 Å². The molecule has 3 nitrogen and oxygen atoms in total. The Bertz CT molecular complexity index is 364. The number of nitrogens with zero attached hydrogens (tertiary/aromatic N) is 2. The standard InChI is InChI=1S/C9H11N3S/c1-12-7-8(6-11-12)5-10-9-3-2-4-13-9/h2-4,6-7,10H,5H2,1H3. The van der Waals surface area contributed by atoms with Crippen LogP contribution in [0.4, 0.5) is 5.00 Å². The molecule has 0 aliphatic rings. The molecule has 4 heteroatoms. The lowest BCUT2D eigenvalue weighted by Gasteiger charge is -1.99. The normalized spacial score (nSPS) is 10.2. The molecule has 2 heterocycles. The van der Waals surface area contributed by atoms with Gasteiger partial charge in [-0.05, 0) is 17.5 Å². The van der Waals surface area contributed by atoms with E-state index in [-0.39, 0.29) is 0 Å². The van der Waals surface area contributed by atoms with Crippen LogP contribution in [0, 0.1) is 0 Å². The first kappa shape index (κ1) is 8.31. The zero-order valence-corrected chi connectivity index (χ0v) is 8.21. The quantitative estimate of drug-likeness (QED) is 0.809. The molecular weight excluding hydrogens is 182 g/mol. The highest BCUT2D eigenvalue weighted by atomic mass is 32.1. The second kappa shape index (κ2) is 3.62. The van der Waals surface area contributed by atoms with Crippen molar-refractivity contribution < 1.29 is 0 Å². The van der Waals surface area contributed by atoms with E-state index < -0.39 is 0 Å². The molecule has 0 fully saturated rings. The molecule has 0 spiro atoms. The molecule has 0 aliphatic heterocycles. The van der Waals surface area contributed by atoms with Crippen molar-refractivity contribution in [3.8, 4) is 0 Å². The number of hydrogen-bond acceptors (Lipinski definition) is 3. The number of nitrogens with one attached hydrogen (secondary N) is 1. The van der Waals surface area contributed by atoms with Crippen molar-refractivity contribution in [2.24, 2.45) is 7.05 Å². The molecule has 13 heavy (non-hydrogen) atoms. The van der Waals surface area contributed by atoms with Crippen molar-refractivity contribution >= 4 is 16.3 Å². The number of hydrogen-bond donors (Lipinski definition) is 1. The van der Waals surface area contributed by atoms with Gasteiger partial charge in [0.25, 0.3) is 0 Å². The van der Waals surface area contributed by atoms with Crippen LogP contribution < -0.4 is 5.32 Å². The van der Waals surface area contributed by atoms with Crippen molar-refractivity contribution in [2.45, 2.75) is 6.54 Å². The van der Waals surface area contributed by atoms with Gasteiger partial charge in [0.05, 0.1) is 11.2 Å². The number of thiophene rings is 1. The second-order valence-electron chi connectivity index (χ2n) is 2.85. The molecular formula is C9H11N3S. The molecule has 2 rings (SSSR count). The molecule has 0 saturated carbocycles. The van der Waals surface area contributed by atoms with Crippen molar-refractivity contribution in [3.63, 3.8) is 0 Å². The van der Waals surface area contributed by atoms with Crippen LogP contribution in [0.25, 0.3) is 0 Å². The lowest BCUT2D eigenvalue weighted by atomic mass is 10.4. The minimum absolute atomic E-state index is 0.842. The van der Waals surface area contributed by atoms with Gasteiger partial charge < -0.3 is 5.32 Å². The fourth-order valence-corrected chi connectivity index (χ4v) is 1.75. The van der Waals surface area contributed by atoms with Crippen molar-refractivity contribution in [3.05, 3.63) is 35.5 Å². The van der Waals surface area contributed by atoms with Gasteiger partial charge in [-0.25, -0.2) is 0 Å². The molecule has 0 atom stereocenters. The van der Waals surface area contributed by atoms with Crippen LogP contribution in [0.3, 0.4) is 0 Å². The topological polar surface area (TPSA) is 29.9 Å². The highest BCUT2D eigenvalue weighted by molar-refractivity contribution is 7.14. The van der Waals surface area contributed by atoms with Gasteiger partial charge in [0, 0.05) is 25.4 Å². The first-order valence-electron chi connectivity index (χ1n) is 4.09. The molecule has 0 saturated heterocycles. The Kier molecular flexibility index (Phi) is 2.31. The number of aromatic nitrogens is 2. The zero-order valence-electron chi connectivity index (χ0n) is 7.40. The molecule has 68 valence electrons. The SMILES string of the molecule is Cn1cc(CNc2cccs2)cn1. The Morgan fingerprint density at radius 3 is 3.15 bits per heavy atom. The Balaban J connectivity index is 1.93. The summed E-state index contributed by atoms with van der Waals surface area (Å²) in [6, 6.07) is 4.11. The number of anilines is 1. The molecule has 1 N–H and O–H groups in total. The van der Waals surface area contributed by atoms with Gasteiger partial charge >= 0.3 is 0 Å². The van der Waals surface area contributed by atoms with Crippen molar-refractivity contribution in [1.82, 2.24) is 9.78 Å². The summed E-state index contributed by atoms with van der Waals surface area (Å²) in [4.78, 5) is 0. The minimum atomic E-state index is 0.842. The molecule has 0 unspecified atom stereocenters. The third-order valence-corrected chi connectivity index (χ3v) is 2.57. The molecule has 0 aromatic carbocycles. The number of aryl methyl sites for hydroxylation is 1. The van der Waals surface area contributed by atoms with Gasteiger partial charge in [-0.2, -0.15) is 5.10 Å². The Hall–Kier alpha value is -1.29. The highest BCUT2D eigenvalue weighted by Gasteiger charge is 1.96. The summed E-state index contributed by atoms with van der Waals surface area (Å²) in [5.74, 6) is 0. The van der Waals surface area contributed by atoms with Gasteiger partial charge in [-0.15, -0.1) is 11.3 Å². The Morgan fingerprint density at radius 2 is 2.54 bits per heavy atom. The van der Waals surface area contributed by atoms with Gasteiger partial charge in [0.2, 0.25) is 0 Å². The van der Waals surface area contributed by atoms with Crippen LogP contribution >= 0.6 is 11.3 Å². The maximum atomic E-state index is 4.10. The molecule has 0 amide bonds. The van der Waals surface area contributed by atoms with Gasteiger partial charge in [-0.3, -0.25) is 4.68 Å². The van der Waals surface area contributed by atoms with Crippen molar-refractivity contribution in [2.75, 3.05) is 5.32 Å². The predicted octanol–water partition coefficient (Wildman–Crippen LogP) is 2.09. The van der Waals surface area contributed by atoms with E-state index in [1.54, 1.807) is 11.3 Å². The maximum absolute atomic E-state index is 4.10. The first-order valence-corrected chi connectivity index (χ1v) is 4.97. The fourth-order valence-electron chi connectivity index (χ4n) is 1.13. The molecule has 2 aromatic rings. The maximum Gasteiger partial charge on any atom is 0.0885 e. The van der Waals surface area contributed by atoms with Gasteiger partial charge in [0.15, 0.2) is 0 Å². The predicted molar refractivity (Wildman–Crippen MR) is 54.9 cm³/mol. The van der Waals surface area contributed by atoms with E-state index in [4.69, 9.17) is 0 Å². The molecule has 2 aromatic heterocycles. The highest BCUT2D eigenvalue weighted by Crippen LogP contribution is 2.15. The minimum Gasteiger partial charge on any atom is -0.373 e. The summed E-state index contributed by atoms with van der Waals surface area (Å²) in [6.45, 7) is 0.842. The van der Waals surface area contributed by atoms with Crippen LogP contribution in [0.2, 0.25) is 0 Å². The van der Waals surface area contributed by atoms with E-state index in [0.29, 0.717) is 0 Å². The fraction of sp³-hybridized carbons (Fsp3) is 0.222. The monoisotopic (exact) mass is 193 g/mol. The number of rotatable bonds is 3. The van der Waals surface area contributed by atoms with E-state index in [0.717, 1.165) is 6.54 Å². The lowest BCUT2D eigenvalue weighted by molar-refractivity contribution is 0.767.